The summed E-state index contributed by atoms with van der Waals surface area (Å²) in [5.41, 5.74) is 0.0919. The Morgan fingerprint density at radius 1 is 0.850 bits per heavy atom. The number of phenols is 1. The maximum absolute atomic E-state index is 12.8. The molecule has 2 saturated heterocycles. The molecule has 13 nitrogen and oxygen atoms in total. The minimum atomic E-state index is -1.73. The van der Waals surface area contributed by atoms with E-state index in [1.165, 1.54) is 19.1 Å². The van der Waals surface area contributed by atoms with Crippen LogP contribution in [0.15, 0.2) is 57.7 Å². The lowest BCUT2D eigenvalue weighted by Gasteiger charge is -2.45. The van der Waals surface area contributed by atoms with Crippen LogP contribution in [0.25, 0.3) is 22.3 Å². The van der Waals surface area contributed by atoms with Crippen LogP contribution in [0.1, 0.15) is 6.92 Å². The fraction of sp³-hybridized carbons (Fsp3) is 0.444. The van der Waals surface area contributed by atoms with Gasteiger partial charge in [0.15, 0.2) is 17.8 Å². The van der Waals surface area contributed by atoms with Crippen LogP contribution in [0.5, 0.6) is 11.5 Å². The topological polar surface area (TPSA) is 209 Å². The predicted molar refractivity (Wildman–Crippen MR) is 135 cm³/mol. The van der Waals surface area contributed by atoms with Gasteiger partial charge in [-0.1, -0.05) is 30.3 Å². The molecular formula is C27H30O13. The van der Waals surface area contributed by atoms with Gasteiger partial charge in [0.1, 0.15) is 64.9 Å². The molecule has 2 fully saturated rings. The smallest absolute Gasteiger partial charge is 0.229 e. The molecule has 0 amide bonds. The van der Waals surface area contributed by atoms with Crippen molar-refractivity contribution in [2.45, 2.75) is 68.3 Å². The van der Waals surface area contributed by atoms with E-state index < -0.39 is 79.2 Å². The third-order valence-electron chi connectivity index (χ3n) is 7.02. The van der Waals surface area contributed by atoms with Crippen molar-refractivity contribution in [3.8, 4) is 22.8 Å². The molecular weight excluding hydrogens is 532 g/mol. The molecule has 5 rings (SSSR count). The first-order valence-corrected chi connectivity index (χ1v) is 12.6. The molecule has 3 heterocycles. The van der Waals surface area contributed by atoms with E-state index in [9.17, 15) is 40.5 Å². The van der Waals surface area contributed by atoms with Crippen molar-refractivity contribution < 1.29 is 59.1 Å². The minimum Gasteiger partial charge on any atom is -0.507 e. The average molecular weight is 563 g/mol. The van der Waals surface area contributed by atoms with Gasteiger partial charge in [-0.25, -0.2) is 0 Å². The van der Waals surface area contributed by atoms with Crippen LogP contribution in [-0.2, 0) is 14.2 Å². The molecule has 3 aromatic rings. The van der Waals surface area contributed by atoms with Gasteiger partial charge in [-0.2, -0.15) is 0 Å². The second kappa shape index (κ2) is 11.4. The summed E-state index contributed by atoms with van der Waals surface area (Å²) in [6.45, 7) is 0.734. The summed E-state index contributed by atoms with van der Waals surface area (Å²) in [7, 11) is 0. The Balaban J connectivity index is 1.47. The highest BCUT2D eigenvalue weighted by Gasteiger charge is 2.50. The van der Waals surface area contributed by atoms with Crippen molar-refractivity contribution >= 4 is 11.0 Å². The average Bonchev–Trinajstić information content (AvgIpc) is 2.94. The Morgan fingerprint density at radius 3 is 2.27 bits per heavy atom. The molecule has 2 aliphatic rings. The number of fused-ring (bicyclic) bond motifs is 1. The molecule has 0 bridgehead atoms. The summed E-state index contributed by atoms with van der Waals surface area (Å²) < 4.78 is 28.5. The first-order chi connectivity index (χ1) is 19.1. The lowest BCUT2D eigenvalue weighted by atomic mass is 9.97. The van der Waals surface area contributed by atoms with Crippen LogP contribution >= 0.6 is 0 Å². The van der Waals surface area contributed by atoms with Gasteiger partial charge in [0, 0.05) is 23.8 Å². The van der Waals surface area contributed by atoms with Gasteiger partial charge in [0.25, 0.3) is 0 Å². The van der Waals surface area contributed by atoms with Gasteiger partial charge < -0.3 is 59.1 Å². The van der Waals surface area contributed by atoms with E-state index in [2.05, 4.69) is 0 Å². The van der Waals surface area contributed by atoms with Gasteiger partial charge in [-0.05, 0) is 6.92 Å². The predicted octanol–water partition coefficient (Wildman–Crippen LogP) is -0.804. The van der Waals surface area contributed by atoms with Gasteiger partial charge in [0.05, 0.1) is 12.7 Å². The number of phenolic OH excluding ortho intramolecular Hbond substituents is 1. The third kappa shape index (κ3) is 5.31. The van der Waals surface area contributed by atoms with Crippen molar-refractivity contribution in [1.29, 1.82) is 0 Å². The number of ether oxygens (including phenoxy) is 4. The van der Waals surface area contributed by atoms with E-state index in [0.29, 0.717) is 5.56 Å². The van der Waals surface area contributed by atoms with E-state index >= 15 is 0 Å². The van der Waals surface area contributed by atoms with Gasteiger partial charge in [-0.3, -0.25) is 4.79 Å². The van der Waals surface area contributed by atoms with E-state index in [-0.39, 0.29) is 22.5 Å². The highest BCUT2D eigenvalue weighted by molar-refractivity contribution is 5.86. The molecule has 0 radical (unpaired) electrons. The molecule has 0 unspecified atom stereocenters. The fourth-order valence-electron chi connectivity index (χ4n) is 4.77. The first kappa shape index (κ1) is 28.4. The zero-order valence-electron chi connectivity index (χ0n) is 21.2. The van der Waals surface area contributed by atoms with E-state index in [4.69, 9.17) is 23.4 Å². The van der Waals surface area contributed by atoms with Crippen LogP contribution in [0.2, 0.25) is 0 Å². The molecule has 13 heteroatoms. The molecule has 0 aliphatic carbocycles. The summed E-state index contributed by atoms with van der Waals surface area (Å²) in [4.78, 5) is 12.8. The monoisotopic (exact) mass is 562 g/mol. The second-order valence-corrected chi connectivity index (χ2v) is 9.76. The van der Waals surface area contributed by atoms with Crippen molar-refractivity contribution in [2.75, 3.05) is 6.61 Å². The maximum atomic E-state index is 12.8. The number of benzene rings is 2. The number of rotatable bonds is 6. The standard InChI is InChI=1S/C27H30O13/c1-11-20(31)22(33)24(35)26(36-11)40-25-23(34)21(32)18(10-28)39-27(25)37-13-7-14(29)19-15(30)9-16(38-17(19)8-13)12-5-3-2-4-6-12/h2-9,11,18,20-29,31-35H,10H2,1H3/t11-,18+,20-,21+,22+,23-,24+,25+,26-,27+/m0/s1. The second-order valence-electron chi connectivity index (χ2n) is 9.76. The van der Waals surface area contributed by atoms with Crippen LogP contribution in [0.4, 0.5) is 0 Å². The Morgan fingerprint density at radius 2 is 1.57 bits per heavy atom. The van der Waals surface area contributed by atoms with Crippen molar-refractivity contribution in [3.05, 3.63) is 58.8 Å². The number of hydrogen-bond acceptors (Lipinski definition) is 13. The summed E-state index contributed by atoms with van der Waals surface area (Å²) in [6.07, 6.45) is -15.1. The Hall–Kier alpha value is -3.11. The van der Waals surface area contributed by atoms with Crippen molar-refractivity contribution in [2.24, 2.45) is 0 Å². The lowest BCUT2D eigenvalue weighted by Crippen LogP contribution is -2.64. The first-order valence-electron chi connectivity index (χ1n) is 12.6. The number of aliphatic hydroxyl groups excluding tert-OH is 6. The van der Waals surface area contributed by atoms with Gasteiger partial charge in [0.2, 0.25) is 6.29 Å². The van der Waals surface area contributed by atoms with E-state index in [0.717, 1.165) is 6.07 Å². The molecule has 0 saturated carbocycles. The normalized spacial score (nSPS) is 34.6. The third-order valence-corrected chi connectivity index (χ3v) is 7.02. The fourth-order valence-corrected chi connectivity index (χ4v) is 4.77. The highest BCUT2D eigenvalue weighted by Crippen LogP contribution is 2.34. The molecule has 7 N–H and O–H groups in total. The molecule has 10 atom stereocenters. The summed E-state index contributed by atoms with van der Waals surface area (Å²) in [5.74, 6) is -0.321. The zero-order chi connectivity index (χ0) is 28.7. The van der Waals surface area contributed by atoms with Crippen molar-refractivity contribution in [1.82, 2.24) is 0 Å². The summed E-state index contributed by atoms with van der Waals surface area (Å²) in [6, 6.07) is 12.5. The molecule has 216 valence electrons. The largest absolute Gasteiger partial charge is 0.507 e. The van der Waals surface area contributed by atoms with E-state index in [1.54, 1.807) is 30.3 Å². The highest BCUT2D eigenvalue weighted by atomic mass is 16.8. The number of aromatic hydroxyl groups is 1. The minimum absolute atomic E-state index is 0.0223. The van der Waals surface area contributed by atoms with Crippen LogP contribution in [0, 0.1) is 0 Å². The molecule has 2 aliphatic heterocycles. The molecule has 1 aromatic heterocycles. The Labute approximate surface area is 227 Å². The number of hydrogen-bond donors (Lipinski definition) is 7. The zero-order valence-corrected chi connectivity index (χ0v) is 21.2. The maximum Gasteiger partial charge on any atom is 0.229 e. The van der Waals surface area contributed by atoms with Crippen LogP contribution in [-0.4, -0.2) is 104 Å². The Kier molecular flexibility index (Phi) is 8.10. The molecule has 2 aromatic carbocycles. The summed E-state index contributed by atoms with van der Waals surface area (Å²) >= 11 is 0. The van der Waals surface area contributed by atoms with Crippen LogP contribution in [0.3, 0.4) is 0 Å². The number of aliphatic hydroxyl groups is 6. The summed E-state index contributed by atoms with van der Waals surface area (Å²) in [5, 5.41) is 71.9. The van der Waals surface area contributed by atoms with E-state index in [1.807, 2.05) is 0 Å². The Bertz CT molecular complexity index is 1380. The van der Waals surface area contributed by atoms with Gasteiger partial charge >= 0.3 is 0 Å². The van der Waals surface area contributed by atoms with Crippen molar-refractivity contribution in [3.63, 3.8) is 0 Å². The molecule has 40 heavy (non-hydrogen) atoms. The van der Waals surface area contributed by atoms with Gasteiger partial charge in [-0.15, -0.1) is 0 Å². The molecule has 0 spiro atoms. The lowest BCUT2D eigenvalue weighted by molar-refractivity contribution is -0.354. The SMILES string of the molecule is C[C@@H]1O[C@@H](O[C@H]2[C@H](Oc3cc(O)c4c(=O)cc(-c5ccccc5)oc4c3)O[C@H](CO)[C@@H](O)[C@@H]2O)[C@H](O)[C@H](O)[C@H]1O. The van der Waals surface area contributed by atoms with Crippen LogP contribution < -0.4 is 10.2 Å². The quantitative estimate of drug-likeness (QED) is 0.196.